The summed E-state index contributed by atoms with van der Waals surface area (Å²) >= 11 is 0. The van der Waals surface area contributed by atoms with E-state index in [0.717, 1.165) is 6.42 Å². The first-order chi connectivity index (χ1) is 9.47. The summed E-state index contributed by atoms with van der Waals surface area (Å²) in [4.78, 5) is 0. The zero-order valence-electron chi connectivity index (χ0n) is 13.4. The highest BCUT2D eigenvalue weighted by atomic mass is 14.1. The van der Waals surface area contributed by atoms with Crippen molar-refractivity contribution in [2.45, 2.75) is 52.9 Å². The van der Waals surface area contributed by atoms with Crippen molar-refractivity contribution in [3.63, 3.8) is 0 Å². The lowest BCUT2D eigenvalue weighted by atomic mass is 9.89. The molecule has 0 spiro atoms. The lowest BCUT2D eigenvalue weighted by Gasteiger charge is -2.16. The second kappa shape index (κ2) is 6.26. The number of aryl methyl sites for hydroxylation is 2. The Labute approximate surface area is 123 Å². The van der Waals surface area contributed by atoms with Gasteiger partial charge in [0.25, 0.3) is 0 Å². The molecule has 2 rings (SSSR count). The van der Waals surface area contributed by atoms with Gasteiger partial charge in [-0.05, 0) is 54.4 Å². The molecule has 1 atom stereocenters. The molecule has 0 saturated carbocycles. The molecular formula is C20H26. The lowest BCUT2D eigenvalue weighted by Crippen LogP contribution is -2.02. The third-order valence-corrected chi connectivity index (χ3v) is 4.18. The van der Waals surface area contributed by atoms with Crippen molar-refractivity contribution >= 4 is 0 Å². The van der Waals surface area contributed by atoms with Gasteiger partial charge in [-0.1, -0.05) is 68.8 Å². The Hall–Kier alpha value is -1.56. The third-order valence-electron chi connectivity index (χ3n) is 4.18. The molecule has 0 N–H and O–H groups in total. The van der Waals surface area contributed by atoms with Crippen LogP contribution >= 0.6 is 0 Å². The van der Waals surface area contributed by atoms with Crippen molar-refractivity contribution in [3.8, 4) is 0 Å². The molecule has 0 fully saturated rings. The summed E-state index contributed by atoms with van der Waals surface area (Å²) < 4.78 is 0. The average molecular weight is 266 g/mol. The van der Waals surface area contributed by atoms with Crippen LogP contribution in [0.5, 0.6) is 0 Å². The van der Waals surface area contributed by atoms with Crippen LogP contribution in [-0.2, 0) is 6.42 Å². The Morgan fingerprint density at radius 3 is 2.25 bits per heavy atom. The largest absolute Gasteiger partial charge is 0.0617 e. The highest BCUT2D eigenvalue weighted by molar-refractivity contribution is 5.35. The molecule has 0 aromatic heterocycles. The number of hydrogen-bond acceptors (Lipinski definition) is 0. The van der Waals surface area contributed by atoms with Gasteiger partial charge in [0.1, 0.15) is 0 Å². The summed E-state index contributed by atoms with van der Waals surface area (Å²) in [5, 5.41) is 0. The summed E-state index contributed by atoms with van der Waals surface area (Å²) in [6, 6.07) is 15.8. The van der Waals surface area contributed by atoms with Gasteiger partial charge in [-0.25, -0.2) is 0 Å². The molecule has 0 bridgehead atoms. The zero-order chi connectivity index (χ0) is 14.7. The van der Waals surface area contributed by atoms with E-state index in [-0.39, 0.29) is 0 Å². The van der Waals surface area contributed by atoms with E-state index < -0.39 is 0 Å². The molecule has 0 aliphatic rings. The van der Waals surface area contributed by atoms with Crippen molar-refractivity contribution in [1.82, 2.24) is 0 Å². The van der Waals surface area contributed by atoms with E-state index in [1.54, 1.807) is 0 Å². The van der Waals surface area contributed by atoms with Crippen LogP contribution in [-0.4, -0.2) is 0 Å². The van der Waals surface area contributed by atoms with Gasteiger partial charge in [-0.2, -0.15) is 0 Å². The normalized spacial score (nSPS) is 12.7. The predicted molar refractivity (Wildman–Crippen MR) is 88.6 cm³/mol. The first-order valence-corrected chi connectivity index (χ1v) is 7.63. The van der Waals surface area contributed by atoms with E-state index in [1.165, 1.54) is 27.8 Å². The van der Waals surface area contributed by atoms with Crippen molar-refractivity contribution in [2.75, 3.05) is 0 Å². The van der Waals surface area contributed by atoms with E-state index in [9.17, 15) is 0 Å². The molecular weight excluding hydrogens is 240 g/mol. The topological polar surface area (TPSA) is 0 Å². The van der Waals surface area contributed by atoms with Crippen LogP contribution in [0.4, 0.5) is 0 Å². The molecule has 0 nitrogen and oxygen atoms in total. The minimum absolute atomic E-state index is 0.566. The first-order valence-electron chi connectivity index (χ1n) is 7.63. The molecule has 106 valence electrons. The Morgan fingerprint density at radius 2 is 1.60 bits per heavy atom. The van der Waals surface area contributed by atoms with Crippen LogP contribution < -0.4 is 0 Å². The van der Waals surface area contributed by atoms with Gasteiger partial charge in [-0.15, -0.1) is 0 Å². The predicted octanol–water partition coefficient (Wildman–Crippen LogP) is 5.77. The fraction of sp³-hybridized carbons (Fsp3) is 0.400. The second-order valence-corrected chi connectivity index (χ2v) is 6.36. The van der Waals surface area contributed by atoms with Crippen LogP contribution in [0.2, 0.25) is 0 Å². The Balaban J connectivity index is 2.23. The summed E-state index contributed by atoms with van der Waals surface area (Å²) in [5.41, 5.74) is 7.14. The van der Waals surface area contributed by atoms with Crippen LogP contribution in [0.25, 0.3) is 0 Å². The van der Waals surface area contributed by atoms with Crippen LogP contribution in [0, 0.1) is 13.8 Å². The molecule has 0 aliphatic carbocycles. The average Bonchev–Trinajstić information content (AvgIpc) is 2.41. The zero-order valence-corrected chi connectivity index (χ0v) is 13.4. The van der Waals surface area contributed by atoms with Gasteiger partial charge < -0.3 is 0 Å². The molecule has 2 aromatic rings. The van der Waals surface area contributed by atoms with E-state index in [1.807, 2.05) is 0 Å². The lowest BCUT2D eigenvalue weighted by molar-refractivity contribution is 0.750. The minimum atomic E-state index is 0.566. The Kier molecular flexibility index (Phi) is 4.65. The number of hydrogen-bond donors (Lipinski definition) is 0. The summed E-state index contributed by atoms with van der Waals surface area (Å²) in [7, 11) is 0. The van der Waals surface area contributed by atoms with Gasteiger partial charge in [0.15, 0.2) is 0 Å². The van der Waals surface area contributed by atoms with Crippen LogP contribution in [0.3, 0.4) is 0 Å². The molecule has 0 aliphatic heterocycles. The molecule has 2 aromatic carbocycles. The van der Waals surface area contributed by atoms with Gasteiger partial charge in [0.05, 0.1) is 0 Å². The maximum Gasteiger partial charge on any atom is -0.0150 e. The van der Waals surface area contributed by atoms with E-state index >= 15 is 0 Å². The van der Waals surface area contributed by atoms with Crippen LogP contribution in [0.15, 0.2) is 42.5 Å². The summed E-state index contributed by atoms with van der Waals surface area (Å²) in [6.07, 6.45) is 1.12. The van der Waals surface area contributed by atoms with Crippen molar-refractivity contribution in [1.29, 1.82) is 0 Å². The standard InChI is InChI=1S/C20H26/c1-14(2)18-10-9-16(4)20(13-18)12-17(5)19-8-6-7-15(3)11-19/h6-11,13-14,17H,12H2,1-5H3. The highest BCUT2D eigenvalue weighted by Gasteiger charge is 2.10. The molecule has 1 unspecified atom stereocenters. The van der Waals surface area contributed by atoms with Crippen molar-refractivity contribution < 1.29 is 0 Å². The fourth-order valence-corrected chi connectivity index (χ4v) is 2.69. The third kappa shape index (κ3) is 3.50. The quantitative estimate of drug-likeness (QED) is 0.658. The first kappa shape index (κ1) is 14.8. The maximum absolute atomic E-state index is 2.40. The van der Waals surface area contributed by atoms with Crippen molar-refractivity contribution in [3.05, 3.63) is 70.3 Å². The molecule has 0 amide bonds. The van der Waals surface area contributed by atoms with E-state index in [2.05, 4.69) is 77.1 Å². The minimum Gasteiger partial charge on any atom is -0.0617 e. The van der Waals surface area contributed by atoms with Gasteiger partial charge in [0.2, 0.25) is 0 Å². The number of rotatable bonds is 4. The summed E-state index contributed by atoms with van der Waals surface area (Å²) in [5.74, 6) is 1.17. The molecule has 0 heteroatoms. The molecule has 20 heavy (non-hydrogen) atoms. The molecule has 0 saturated heterocycles. The summed E-state index contributed by atoms with van der Waals surface area (Å²) in [6.45, 7) is 11.2. The Morgan fingerprint density at radius 1 is 0.850 bits per heavy atom. The fourth-order valence-electron chi connectivity index (χ4n) is 2.69. The van der Waals surface area contributed by atoms with Crippen molar-refractivity contribution in [2.24, 2.45) is 0 Å². The van der Waals surface area contributed by atoms with E-state index in [4.69, 9.17) is 0 Å². The van der Waals surface area contributed by atoms with Crippen LogP contribution in [0.1, 0.15) is 60.4 Å². The monoisotopic (exact) mass is 266 g/mol. The second-order valence-electron chi connectivity index (χ2n) is 6.36. The maximum atomic E-state index is 2.40. The Bertz CT molecular complexity index is 578. The van der Waals surface area contributed by atoms with Gasteiger partial charge >= 0.3 is 0 Å². The van der Waals surface area contributed by atoms with Gasteiger partial charge in [0, 0.05) is 0 Å². The molecule has 0 heterocycles. The SMILES string of the molecule is Cc1cccc(C(C)Cc2cc(C(C)C)ccc2C)c1. The smallest absolute Gasteiger partial charge is 0.0150 e. The molecule has 0 radical (unpaired) electrons. The highest BCUT2D eigenvalue weighted by Crippen LogP contribution is 2.25. The van der Waals surface area contributed by atoms with E-state index in [0.29, 0.717) is 11.8 Å². The number of benzene rings is 2. The van der Waals surface area contributed by atoms with Gasteiger partial charge in [-0.3, -0.25) is 0 Å².